The van der Waals surface area contributed by atoms with Gasteiger partial charge in [0, 0.05) is 0 Å². The van der Waals surface area contributed by atoms with Crippen LogP contribution in [0.1, 0.15) is 12.8 Å². The minimum atomic E-state index is -0.415. The maximum absolute atomic E-state index is 12.2. The summed E-state index contributed by atoms with van der Waals surface area (Å²) in [5, 5.41) is 2.73. The summed E-state index contributed by atoms with van der Waals surface area (Å²) >= 11 is 0. The molecule has 2 aromatic rings. The van der Waals surface area contributed by atoms with E-state index in [2.05, 4.69) is 55.5 Å². The predicted octanol–water partition coefficient (Wildman–Crippen LogP) is 3.91. The Balaban J connectivity index is 2.10. The molecule has 0 nitrogen and oxygen atoms in total. The second-order valence-electron chi connectivity index (χ2n) is 4.41. The summed E-state index contributed by atoms with van der Waals surface area (Å²) in [6, 6.07) is 21.2. The van der Waals surface area contributed by atoms with Gasteiger partial charge in [-0.1, -0.05) is 81.2 Å². The van der Waals surface area contributed by atoms with Gasteiger partial charge >= 0.3 is 0 Å². The molecule has 0 N–H and O–H groups in total. The highest BCUT2D eigenvalue weighted by molar-refractivity contribution is 7.97. The topological polar surface area (TPSA) is 0 Å². The van der Waals surface area contributed by atoms with Gasteiger partial charge < -0.3 is 0 Å². The van der Waals surface area contributed by atoms with Crippen LogP contribution in [0.3, 0.4) is 0 Å². The fourth-order valence-corrected chi connectivity index (χ4v) is 4.14. The molecular weight excluding hydrogens is 253 g/mol. The largest absolute Gasteiger partial charge is 0.251 e. The normalized spacial score (nSPS) is 10.6. The number of alkyl halides is 1. The predicted molar refractivity (Wildman–Crippen MR) is 84.8 cm³/mol. The van der Waals surface area contributed by atoms with Crippen molar-refractivity contribution in [3.63, 3.8) is 0 Å². The Morgan fingerprint density at radius 2 is 1.32 bits per heavy atom. The van der Waals surface area contributed by atoms with E-state index in [1.165, 1.54) is 10.6 Å². The molecule has 2 aromatic carbocycles. The number of hydrogen-bond acceptors (Lipinski definition) is 0. The molecule has 3 heteroatoms. The van der Waals surface area contributed by atoms with Crippen LogP contribution >= 0.6 is 7.80 Å². The average molecular weight is 271 g/mol. The van der Waals surface area contributed by atoms with Crippen molar-refractivity contribution in [1.82, 2.24) is 0 Å². The zero-order valence-electron chi connectivity index (χ0n) is 11.0. The standard InChI is InChI=1S/C16H18BFP/c18-14-8-7-13-17-19(15-9-3-1-4-10-15)16-11-5-2-6-12-16/h1-6,9-12H,7-8,13-14H2. The fourth-order valence-electron chi connectivity index (χ4n) is 2.00. The fraction of sp³-hybridized carbons (Fsp3) is 0.250. The van der Waals surface area contributed by atoms with Crippen LogP contribution in [-0.4, -0.2) is 13.7 Å². The molecule has 0 aromatic heterocycles. The summed E-state index contributed by atoms with van der Waals surface area (Å²) in [6.07, 6.45) is 2.59. The molecular formula is C16H18BFP. The summed E-state index contributed by atoms with van der Waals surface area (Å²) in [5.74, 6) is 0. The molecule has 0 unspecified atom stereocenters. The lowest BCUT2D eigenvalue weighted by Crippen LogP contribution is -2.15. The summed E-state index contributed by atoms with van der Waals surface area (Å²) in [5.41, 5.74) is 0. The Morgan fingerprint density at radius 3 is 1.79 bits per heavy atom. The maximum Gasteiger partial charge on any atom is 0.158 e. The van der Waals surface area contributed by atoms with E-state index in [9.17, 15) is 4.39 Å². The van der Waals surface area contributed by atoms with E-state index in [1.807, 2.05) is 12.1 Å². The molecule has 0 heterocycles. The molecule has 0 saturated carbocycles. The summed E-state index contributed by atoms with van der Waals surface area (Å²) in [7, 11) is -0.415. The van der Waals surface area contributed by atoms with Crippen LogP contribution in [0.15, 0.2) is 60.7 Å². The lowest BCUT2D eigenvalue weighted by molar-refractivity contribution is 0.469. The zero-order valence-corrected chi connectivity index (χ0v) is 11.9. The van der Waals surface area contributed by atoms with E-state index in [-0.39, 0.29) is 6.67 Å². The Kier molecular flexibility index (Phi) is 6.10. The highest BCUT2D eigenvalue weighted by Crippen LogP contribution is 2.32. The van der Waals surface area contributed by atoms with Crippen LogP contribution in [0.25, 0.3) is 0 Å². The number of unbranched alkanes of at least 4 members (excludes halogenated alkanes) is 1. The quantitative estimate of drug-likeness (QED) is 0.407. The van der Waals surface area contributed by atoms with Crippen molar-refractivity contribution in [2.24, 2.45) is 0 Å². The molecule has 0 bridgehead atoms. The van der Waals surface area contributed by atoms with Gasteiger partial charge in [-0.15, -0.1) is 0 Å². The molecule has 0 aliphatic heterocycles. The van der Waals surface area contributed by atoms with E-state index in [4.69, 9.17) is 0 Å². The van der Waals surface area contributed by atoms with E-state index in [1.54, 1.807) is 0 Å². The Hall–Kier alpha value is -1.14. The highest BCUT2D eigenvalue weighted by atomic mass is 31.1. The van der Waals surface area contributed by atoms with E-state index >= 15 is 0 Å². The van der Waals surface area contributed by atoms with Crippen molar-refractivity contribution in [1.29, 1.82) is 0 Å². The molecule has 0 amide bonds. The number of rotatable bonds is 7. The van der Waals surface area contributed by atoms with E-state index < -0.39 is 7.80 Å². The molecule has 97 valence electrons. The molecule has 0 saturated heterocycles. The van der Waals surface area contributed by atoms with Gasteiger partial charge in [-0.3, -0.25) is 4.39 Å². The molecule has 0 spiro atoms. The van der Waals surface area contributed by atoms with Crippen molar-refractivity contribution in [3.05, 3.63) is 60.7 Å². The third-order valence-corrected chi connectivity index (χ3v) is 5.30. The van der Waals surface area contributed by atoms with Crippen molar-refractivity contribution in [3.8, 4) is 0 Å². The first-order chi connectivity index (χ1) is 9.42. The molecule has 0 aliphatic rings. The third kappa shape index (κ3) is 4.47. The van der Waals surface area contributed by atoms with Gasteiger partial charge in [0.15, 0.2) is 7.00 Å². The van der Waals surface area contributed by atoms with Crippen molar-refractivity contribution < 1.29 is 4.39 Å². The number of benzene rings is 2. The first-order valence-electron chi connectivity index (χ1n) is 6.70. The third-order valence-electron chi connectivity index (χ3n) is 2.97. The first-order valence-corrected chi connectivity index (χ1v) is 8.11. The van der Waals surface area contributed by atoms with Gasteiger partial charge in [0.2, 0.25) is 0 Å². The highest BCUT2D eigenvalue weighted by Gasteiger charge is 2.13. The Bertz CT molecular complexity index is 421. The van der Waals surface area contributed by atoms with Crippen LogP contribution in [0.2, 0.25) is 6.32 Å². The monoisotopic (exact) mass is 271 g/mol. The van der Waals surface area contributed by atoms with Crippen LogP contribution in [0.5, 0.6) is 0 Å². The maximum atomic E-state index is 12.2. The van der Waals surface area contributed by atoms with Gasteiger partial charge in [-0.05, 0) is 17.0 Å². The molecule has 19 heavy (non-hydrogen) atoms. The van der Waals surface area contributed by atoms with Crippen LogP contribution in [-0.2, 0) is 0 Å². The first kappa shape index (κ1) is 14.3. The van der Waals surface area contributed by atoms with Crippen molar-refractivity contribution in [2.45, 2.75) is 19.2 Å². The lowest BCUT2D eigenvalue weighted by Gasteiger charge is -2.18. The van der Waals surface area contributed by atoms with Gasteiger partial charge in [-0.25, -0.2) is 0 Å². The van der Waals surface area contributed by atoms with Gasteiger partial charge in [-0.2, -0.15) is 0 Å². The van der Waals surface area contributed by atoms with Gasteiger partial charge in [0.25, 0.3) is 0 Å². The summed E-state index contributed by atoms with van der Waals surface area (Å²) in [6.45, 7) is 2.16. The van der Waals surface area contributed by atoms with Crippen LogP contribution < -0.4 is 10.6 Å². The van der Waals surface area contributed by atoms with E-state index in [0.717, 1.165) is 12.7 Å². The minimum absolute atomic E-state index is 0.206. The second-order valence-corrected chi connectivity index (χ2v) is 6.55. The lowest BCUT2D eigenvalue weighted by atomic mass is 9.99. The van der Waals surface area contributed by atoms with Crippen LogP contribution in [0, 0.1) is 0 Å². The zero-order chi connectivity index (χ0) is 13.3. The minimum Gasteiger partial charge on any atom is -0.251 e. The molecule has 0 fully saturated rings. The van der Waals surface area contributed by atoms with Crippen molar-refractivity contribution >= 4 is 25.4 Å². The molecule has 0 atom stereocenters. The summed E-state index contributed by atoms with van der Waals surface area (Å²) < 4.78 is 12.2. The molecule has 2 rings (SSSR count). The number of halogens is 1. The Morgan fingerprint density at radius 1 is 0.789 bits per heavy atom. The molecule has 0 aliphatic carbocycles. The van der Waals surface area contributed by atoms with Crippen molar-refractivity contribution in [2.75, 3.05) is 6.67 Å². The van der Waals surface area contributed by atoms with E-state index in [0.29, 0.717) is 6.42 Å². The smallest absolute Gasteiger partial charge is 0.158 e. The van der Waals surface area contributed by atoms with Crippen LogP contribution in [0.4, 0.5) is 4.39 Å². The summed E-state index contributed by atoms with van der Waals surface area (Å²) in [4.78, 5) is 0. The Labute approximate surface area is 117 Å². The van der Waals surface area contributed by atoms with Gasteiger partial charge in [0.05, 0.1) is 6.67 Å². The average Bonchev–Trinajstić information content (AvgIpc) is 2.49. The number of hydrogen-bond donors (Lipinski definition) is 0. The van der Waals surface area contributed by atoms with Gasteiger partial charge in [0.1, 0.15) is 0 Å². The second kappa shape index (κ2) is 8.12. The SMILES string of the molecule is FCCCC[B]P(c1ccccc1)c1ccccc1. The molecule has 1 radical (unpaired) electrons.